The first-order chi connectivity index (χ1) is 10.7. The van der Waals surface area contributed by atoms with Gasteiger partial charge in [0.15, 0.2) is 0 Å². The summed E-state index contributed by atoms with van der Waals surface area (Å²) in [6.45, 7) is 5.46. The van der Waals surface area contributed by atoms with Gasteiger partial charge in [0.2, 0.25) is 0 Å². The van der Waals surface area contributed by atoms with Crippen LogP contribution < -0.4 is 10.1 Å². The van der Waals surface area contributed by atoms with Crippen LogP contribution in [0, 0.1) is 0 Å². The monoisotopic (exact) mass is 297 g/mol. The fourth-order valence-corrected chi connectivity index (χ4v) is 2.79. The van der Waals surface area contributed by atoms with Crippen LogP contribution in [-0.2, 0) is 0 Å². The average molecular weight is 297 g/mol. The Hall–Kier alpha value is -1.80. The highest BCUT2D eigenvalue weighted by Gasteiger charge is 2.15. The SMILES string of the molecule is CNCCC(c1ccc(C(C)C)cc1)c1cccc(OC)c1. The van der Waals surface area contributed by atoms with Crippen LogP contribution in [0.3, 0.4) is 0 Å². The molecule has 0 aliphatic heterocycles. The number of hydrogen-bond donors (Lipinski definition) is 1. The molecule has 0 aromatic heterocycles. The third kappa shape index (κ3) is 4.11. The average Bonchev–Trinajstić information content (AvgIpc) is 2.56. The molecule has 0 aliphatic rings. The maximum atomic E-state index is 5.38. The Morgan fingerprint density at radius 1 is 0.955 bits per heavy atom. The molecule has 0 amide bonds. The molecule has 118 valence electrons. The van der Waals surface area contributed by atoms with Crippen LogP contribution in [0.4, 0.5) is 0 Å². The van der Waals surface area contributed by atoms with E-state index in [4.69, 9.17) is 4.74 Å². The lowest BCUT2D eigenvalue weighted by Crippen LogP contribution is -2.13. The van der Waals surface area contributed by atoms with Gasteiger partial charge < -0.3 is 10.1 Å². The van der Waals surface area contributed by atoms with Crippen LogP contribution in [0.15, 0.2) is 48.5 Å². The normalized spacial score (nSPS) is 12.4. The van der Waals surface area contributed by atoms with Gasteiger partial charge in [-0.1, -0.05) is 50.2 Å². The third-order valence-electron chi connectivity index (χ3n) is 4.18. The minimum atomic E-state index is 0.392. The number of benzene rings is 2. The summed E-state index contributed by atoms with van der Waals surface area (Å²) in [5.41, 5.74) is 4.07. The van der Waals surface area contributed by atoms with Crippen LogP contribution in [0.5, 0.6) is 5.75 Å². The van der Waals surface area contributed by atoms with Crippen molar-refractivity contribution in [3.8, 4) is 5.75 Å². The number of nitrogens with one attached hydrogen (secondary N) is 1. The van der Waals surface area contributed by atoms with Crippen molar-refractivity contribution in [2.75, 3.05) is 20.7 Å². The van der Waals surface area contributed by atoms with Crippen LogP contribution in [0.25, 0.3) is 0 Å². The van der Waals surface area contributed by atoms with Crippen LogP contribution >= 0.6 is 0 Å². The number of rotatable bonds is 7. The lowest BCUT2D eigenvalue weighted by Gasteiger charge is -2.19. The Morgan fingerprint density at radius 3 is 2.23 bits per heavy atom. The lowest BCUT2D eigenvalue weighted by atomic mass is 9.87. The molecule has 1 N–H and O–H groups in total. The first kappa shape index (κ1) is 16.6. The molecule has 2 aromatic carbocycles. The molecular weight excluding hydrogens is 270 g/mol. The van der Waals surface area contributed by atoms with Crippen molar-refractivity contribution in [1.29, 1.82) is 0 Å². The van der Waals surface area contributed by atoms with Crippen LogP contribution in [-0.4, -0.2) is 20.7 Å². The smallest absolute Gasteiger partial charge is 0.119 e. The first-order valence-electron chi connectivity index (χ1n) is 8.04. The summed E-state index contributed by atoms with van der Waals surface area (Å²) in [5, 5.41) is 3.26. The predicted octanol–water partition coefficient (Wildman–Crippen LogP) is 4.56. The molecule has 0 radical (unpaired) electrons. The topological polar surface area (TPSA) is 21.3 Å². The van der Waals surface area contributed by atoms with Gasteiger partial charge in [0.05, 0.1) is 7.11 Å². The molecule has 2 nitrogen and oxygen atoms in total. The lowest BCUT2D eigenvalue weighted by molar-refractivity contribution is 0.414. The molecule has 22 heavy (non-hydrogen) atoms. The van der Waals surface area contributed by atoms with E-state index in [1.165, 1.54) is 16.7 Å². The van der Waals surface area contributed by atoms with Gasteiger partial charge in [-0.25, -0.2) is 0 Å². The Balaban J connectivity index is 2.32. The second kappa shape index (κ2) is 8.00. The minimum absolute atomic E-state index is 0.392. The molecule has 0 aliphatic carbocycles. The second-order valence-corrected chi connectivity index (χ2v) is 6.04. The molecule has 0 heterocycles. The number of methoxy groups -OCH3 is 1. The van der Waals surface area contributed by atoms with Crippen molar-refractivity contribution < 1.29 is 4.74 Å². The summed E-state index contributed by atoms with van der Waals surface area (Å²) in [4.78, 5) is 0. The van der Waals surface area contributed by atoms with E-state index in [0.717, 1.165) is 18.7 Å². The van der Waals surface area contributed by atoms with E-state index < -0.39 is 0 Å². The zero-order chi connectivity index (χ0) is 15.9. The van der Waals surface area contributed by atoms with E-state index in [0.29, 0.717) is 11.8 Å². The largest absolute Gasteiger partial charge is 0.497 e. The highest BCUT2D eigenvalue weighted by molar-refractivity contribution is 5.38. The van der Waals surface area contributed by atoms with E-state index in [-0.39, 0.29) is 0 Å². The predicted molar refractivity (Wildman–Crippen MR) is 93.9 cm³/mol. The fourth-order valence-electron chi connectivity index (χ4n) is 2.79. The standard InChI is InChI=1S/C20H27NO/c1-15(2)16-8-10-17(11-9-16)20(12-13-21-3)18-6-5-7-19(14-18)22-4/h5-11,14-15,20-21H,12-13H2,1-4H3. The quantitative estimate of drug-likeness (QED) is 0.809. The molecule has 0 fully saturated rings. The minimum Gasteiger partial charge on any atom is -0.497 e. The van der Waals surface area contributed by atoms with Gasteiger partial charge in [-0.05, 0) is 54.8 Å². The van der Waals surface area contributed by atoms with E-state index >= 15 is 0 Å². The Bertz CT molecular complexity index is 575. The van der Waals surface area contributed by atoms with Gasteiger partial charge in [-0.15, -0.1) is 0 Å². The van der Waals surface area contributed by atoms with Crippen LogP contribution in [0.2, 0.25) is 0 Å². The first-order valence-corrected chi connectivity index (χ1v) is 8.04. The summed E-state index contributed by atoms with van der Waals surface area (Å²) < 4.78 is 5.38. The van der Waals surface area contributed by atoms with Gasteiger partial charge >= 0.3 is 0 Å². The van der Waals surface area contributed by atoms with Gasteiger partial charge in [0.1, 0.15) is 5.75 Å². The molecule has 2 aromatic rings. The Labute approximate surface area is 134 Å². The van der Waals surface area contributed by atoms with E-state index in [1.807, 2.05) is 13.1 Å². The van der Waals surface area contributed by atoms with E-state index in [9.17, 15) is 0 Å². The van der Waals surface area contributed by atoms with Crippen molar-refractivity contribution in [2.45, 2.75) is 32.1 Å². The summed E-state index contributed by atoms with van der Waals surface area (Å²) in [6.07, 6.45) is 1.07. The molecule has 2 rings (SSSR count). The number of hydrogen-bond acceptors (Lipinski definition) is 2. The molecule has 1 unspecified atom stereocenters. The molecule has 0 saturated heterocycles. The molecule has 1 atom stereocenters. The van der Waals surface area contributed by atoms with E-state index in [2.05, 4.69) is 61.6 Å². The molecule has 0 saturated carbocycles. The van der Waals surface area contributed by atoms with Crippen molar-refractivity contribution in [3.63, 3.8) is 0 Å². The number of ether oxygens (including phenoxy) is 1. The molecular formula is C20H27NO. The van der Waals surface area contributed by atoms with Crippen molar-refractivity contribution in [3.05, 3.63) is 65.2 Å². The van der Waals surface area contributed by atoms with Gasteiger partial charge in [-0.2, -0.15) is 0 Å². The van der Waals surface area contributed by atoms with Crippen molar-refractivity contribution in [2.24, 2.45) is 0 Å². The van der Waals surface area contributed by atoms with Crippen molar-refractivity contribution in [1.82, 2.24) is 5.32 Å². The Morgan fingerprint density at radius 2 is 1.64 bits per heavy atom. The maximum absolute atomic E-state index is 5.38. The summed E-state index contributed by atoms with van der Waals surface area (Å²) >= 11 is 0. The Kier molecular flexibility index (Phi) is 6.02. The second-order valence-electron chi connectivity index (χ2n) is 6.04. The maximum Gasteiger partial charge on any atom is 0.119 e. The van der Waals surface area contributed by atoms with E-state index in [1.54, 1.807) is 7.11 Å². The van der Waals surface area contributed by atoms with Gasteiger partial charge in [0, 0.05) is 5.92 Å². The fraction of sp³-hybridized carbons (Fsp3) is 0.400. The summed E-state index contributed by atoms with van der Waals surface area (Å²) in [5.74, 6) is 1.89. The highest BCUT2D eigenvalue weighted by atomic mass is 16.5. The summed E-state index contributed by atoms with van der Waals surface area (Å²) in [7, 11) is 3.73. The van der Waals surface area contributed by atoms with Gasteiger partial charge in [0.25, 0.3) is 0 Å². The molecule has 2 heteroatoms. The zero-order valence-corrected chi connectivity index (χ0v) is 14.1. The highest BCUT2D eigenvalue weighted by Crippen LogP contribution is 2.30. The summed E-state index contributed by atoms with van der Waals surface area (Å²) in [6, 6.07) is 17.5. The molecule has 0 bridgehead atoms. The van der Waals surface area contributed by atoms with Gasteiger partial charge in [-0.3, -0.25) is 0 Å². The third-order valence-corrected chi connectivity index (χ3v) is 4.18. The molecule has 0 spiro atoms. The van der Waals surface area contributed by atoms with Crippen molar-refractivity contribution >= 4 is 0 Å². The zero-order valence-electron chi connectivity index (χ0n) is 14.1. The van der Waals surface area contributed by atoms with Crippen LogP contribution in [0.1, 0.15) is 48.8 Å².